The topological polar surface area (TPSA) is 25.2 Å². The zero-order valence-electron chi connectivity index (χ0n) is 11.5. The highest BCUT2D eigenvalue weighted by Crippen LogP contribution is 2.30. The van der Waals surface area contributed by atoms with Crippen LogP contribution in [0.5, 0.6) is 0 Å². The van der Waals surface area contributed by atoms with Gasteiger partial charge in [0.2, 0.25) is 0 Å². The molecule has 0 amide bonds. The Kier molecular flexibility index (Phi) is 4.13. The van der Waals surface area contributed by atoms with Crippen molar-refractivity contribution >= 4 is 15.9 Å². The second kappa shape index (κ2) is 5.89. The number of rotatable bonds is 2. The van der Waals surface area contributed by atoms with Gasteiger partial charge in [0, 0.05) is 23.5 Å². The first-order valence-electron chi connectivity index (χ1n) is 7.05. The molecule has 1 N–H and O–H groups in total. The van der Waals surface area contributed by atoms with E-state index in [0.717, 1.165) is 36.8 Å². The molecule has 112 valence electrons. The third-order valence-electron chi connectivity index (χ3n) is 4.01. The molecule has 2 aromatic rings. The molecule has 0 fully saturated rings. The zero-order valence-corrected chi connectivity index (χ0v) is 13.0. The summed E-state index contributed by atoms with van der Waals surface area (Å²) in [7, 11) is 0. The van der Waals surface area contributed by atoms with E-state index in [1.165, 1.54) is 12.1 Å². The van der Waals surface area contributed by atoms with Gasteiger partial charge in [0.15, 0.2) is 0 Å². The molecule has 1 aromatic heterocycles. The average Bonchev–Trinajstić information content (AvgIpc) is 2.79. The fraction of sp³-hybridized carbons (Fsp3) is 0.375. The van der Waals surface area contributed by atoms with Crippen LogP contribution in [0, 0.1) is 11.6 Å². The Bertz CT molecular complexity index is 669. The van der Waals surface area contributed by atoms with E-state index >= 15 is 0 Å². The summed E-state index contributed by atoms with van der Waals surface area (Å²) in [5.74, 6) is -1.13. The lowest BCUT2D eigenvalue weighted by Crippen LogP contribution is -2.04. The number of fused-ring (bicyclic) bond motifs is 1. The monoisotopic (exact) mass is 355 g/mol. The van der Waals surface area contributed by atoms with Crippen molar-refractivity contribution in [2.45, 2.75) is 38.3 Å². The summed E-state index contributed by atoms with van der Waals surface area (Å²) in [5.41, 5.74) is 2.00. The summed E-state index contributed by atoms with van der Waals surface area (Å²) in [6.45, 7) is 0.122. The number of aliphatic hydroxyl groups is 1. The number of aliphatic hydroxyl groups excluding tert-OH is 1. The molecule has 0 saturated heterocycles. The predicted octanol–water partition coefficient (Wildman–Crippen LogP) is 4.34. The number of aryl methyl sites for hydroxylation is 1. The fourth-order valence-electron chi connectivity index (χ4n) is 2.88. The van der Waals surface area contributed by atoms with E-state index in [1.807, 2.05) is 12.4 Å². The van der Waals surface area contributed by atoms with Crippen LogP contribution in [-0.4, -0.2) is 9.67 Å². The molecule has 3 rings (SSSR count). The second-order valence-corrected chi connectivity index (χ2v) is 6.35. The van der Waals surface area contributed by atoms with Crippen LogP contribution >= 0.6 is 15.9 Å². The number of nitrogens with zero attached hydrogens (tertiary/aromatic N) is 1. The van der Waals surface area contributed by atoms with Gasteiger partial charge in [-0.3, -0.25) is 0 Å². The lowest BCUT2D eigenvalue weighted by molar-refractivity contribution is 0.166. The molecular formula is C16H16BrF2NO. The van der Waals surface area contributed by atoms with Crippen molar-refractivity contribution in [1.82, 2.24) is 4.57 Å². The van der Waals surface area contributed by atoms with E-state index in [-0.39, 0.29) is 16.6 Å². The van der Waals surface area contributed by atoms with Crippen LogP contribution in [0.2, 0.25) is 0 Å². The highest BCUT2D eigenvalue weighted by molar-refractivity contribution is 9.10. The van der Waals surface area contributed by atoms with Crippen LogP contribution in [-0.2, 0) is 13.0 Å². The summed E-state index contributed by atoms with van der Waals surface area (Å²) in [5, 5.41) is 10.1. The van der Waals surface area contributed by atoms with Gasteiger partial charge in [0.05, 0.1) is 17.1 Å². The summed E-state index contributed by atoms with van der Waals surface area (Å²) < 4.78 is 29.9. The molecule has 1 unspecified atom stereocenters. The van der Waals surface area contributed by atoms with Crippen molar-refractivity contribution in [3.05, 3.63) is 57.3 Å². The van der Waals surface area contributed by atoms with E-state index in [1.54, 1.807) is 4.57 Å². The molecule has 1 heterocycles. The van der Waals surface area contributed by atoms with Crippen LogP contribution in [0.4, 0.5) is 8.78 Å². The van der Waals surface area contributed by atoms with Crippen molar-refractivity contribution in [2.75, 3.05) is 0 Å². The molecule has 0 bridgehead atoms. The first kappa shape index (κ1) is 14.7. The van der Waals surface area contributed by atoms with Crippen LogP contribution in [0.25, 0.3) is 0 Å². The number of aromatic nitrogens is 1. The molecule has 0 saturated carbocycles. The van der Waals surface area contributed by atoms with Crippen LogP contribution in [0.1, 0.15) is 42.1 Å². The normalized spacial score (nSPS) is 18.4. The Morgan fingerprint density at radius 2 is 2.05 bits per heavy atom. The van der Waals surface area contributed by atoms with Gasteiger partial charge in [0.25, 0.3) is 0 Å². The van der Waals surface area contributed by atoms with Gasteiger partial charge in [-0.05, 0) is 52.9 Å². The smallest absolute Gasteiger partial charge is 0.145 e. The van der Waals surface area contributed by atoms with Crippen LogP contribution in [0.3, 0.4) is 0 Å². The molecular weight excluding hydrogens is 340 g/mol. The Morgan fingerprint density at radius 3 is 2.86 bits per heavy atom. The minimum Gasteiger partial charge on any atom is -0.388 e. The molecule has 2 nitrogen and oxygen atoms in total. The molecule has 0 aliphatic heterocycles. The highest BCUT2D eigenvalue weighted by atomic mass is 79.9. The van der Waals surface area contributed by atoms with Crippen LogP contribution < -0.4 is 0 Å². The van der Waals surface area contributed by atoms with Gasteiger partial charge in [-0.2, -0.15) is 0 Å². The summed E-state index contributed by atoms with van der Waals surface area (Å²) in [4.78, 5) is 0. The molecule has 1 aliphatic rings. The Balaban J connectivity index is 1.93. The summed E-state index contributed by atoms with van der Waals surface area (Å²) >= 11 is 3.08. The summed E-state index contributed by atoms with van der Waals surface area (Å²) in [6, 6.07) is 2.62. The van der Waals surface area contributed by atoms with Crippen molar-refractivity contribution in [2.24, 2.45) is 0 Å². The molecule has 5 heteroatoms. The first-order chi connectivity index (χ1) is 10.1. The Hall–Kier alpha value is -1.20. The van der Waals surface area contributed by atoms with E-state index < -0.39 is 17.7 Å². The zero-order chi connectivity index (χ0) is 15.0. The van der Waals surface area contributed by atoms with Gasteiger partial charge in [0.1, 0.15) is 11.6 Å². The van der Waals surface area contributed by atoms with E-state index in [9.17, 15) is 13.9 Å². The number of benzene rings is 1. The lowest BCUT2D eigenvalue weighted by atomic mass is 10.1. The van der Waals surface area contributed by atoms with Gasteiger partial charge >= 0.3 is 0 Å². The third kappa shape index (κ3) is 2.90. The minimum absolute atomic E-state index is 0.0315. The second-order valence-electron chi connectivity index (χ2n) is 5.49. The number of hydrogen-bond acceptors (Lipinski definition) is 1. The van der Waals surface area contributed by atoms with E-state index in [0.29, 0.717) is 0 Å². The Labute approximate surface area is 130 Å². The maximum Gasteiger partial charge on any atom is 0.145 e. The van der Waals surface area contributed by atoms with Crippen molar-refractivity contribution in [1.29, 1.82) is 0 Å². The molecule has 1 aromatic carbocycles. The first-order valence-corrected chi connectivity index (χ1v) is 7.84. The average molecular weight is 356 g/mol. The molecule has 1 atom stereocenters. The molecule has 0 spiro atoms. The third-order valence-corrected chi connectivity index (χ3v) is 4.62. The lowest BCUT2D eigenvalue weighted by Gasteiger charge is -2.09. The molecule has 0 radical (unpaired) electrons. The van der Waals surface area contributed by atoms with Crippen molar-refractivity contribution in [3.63, 3.8) is 0 Å². The largest absolute Gasteiger partial charge is 0.388 e. The van der Waals surface area contributed by atoms with Crippen LogP contribution in [0.15, 0.2) is 29.0 Å². The molecule has 1 aliphatic carbocycles. The minimum atomic E-state index is -0.570. The Morgan fingerprint density at radius 1 is 1.24 bits per heavy atom. The highest BCUT2D eigenvalue weighted by Gasteiger charge is 2.19. The quantitative estimate of drug-likeness (QED) is 0.629. The summed E-state index contributed by atoms with van der Waals surface area (Å²) in [6.07, 6.45) is 6.92. The van der Waals surface area contributed by atoms with Crippen molar-refractivity contribution in [3.8, 4) is 0 Å². The molecule has 21 heavy (non-hydrogen) atoms. The fourth-order valence-corrected chi connectivity index (χ4v) is 3.25. The van der Waals surface area contributed by atoms with Gasteiger partial charge < -0.3 is 9.67 Å². The van der Waals surface area contributed by atoms with Gasteiger partial charge in [-0.25, -0.2) is 8.78 Å². The SMILES string of the molecule is OC1CCCCc2cn(Cc3c(F)ccc(Br)c3F)cc21. The number of hydrogen-bond donors (Lipinski definition) is 1. The maximum atomic E-state index is 14.0. The number of halogens is 3. The van der Waals surface area contributed by atoms with E-state index in [2.05, 4.69) is 15.9 Å². The maximum absolute atomic E-state index is 14.0. The van der Waals surface area contributed by atoms with Crippen molar-refractivity contribution < 1.29 is 13.9 Å². The standard InChI is InChI=1S/C16H16BrF2NO/c17-13-5-6-14(18)12(16(13)19)9-20-7-10-3-1-2-4-15(21)11(10)8-20/h5-8,15,21H,1-4,9H2. The van der Waals surface area contributed by atoms with Gasteiger partial charge in [-0.15, -0.1) is 0 Å². The predicted molar refractivity (Wildman–Crippen MR) is 80.1 cm³/mol. The van der Waals surface area contributed by atoms with E-state index in [4.69, 9.17) is 0 Å². The van der Waals surface area contributed by atoms with Gasteiger partial charge in [-0.1, -0.05) is 6.42 Å².